The van der Waals surface area contributed by atoms with Gasteiger partial charge in [0.15, 0.2) is 0 Å². The number of aromatic nitrogens is 3. The van der Waals surface area contributed by atoms with E-state index < -0.39 is 45.1 Å². The van der Waals surface area contributed by atoms with E-state index in [4.69, 9.17) is 27.9 Å². The first-order valence-electron chi connectivity index (χ1n) is 12.6. The third-order valence-electron chi connectivity index (χ3n) is 6.10. The van der Waals surface area contributed by atoms with Gasteiger partial charge in [0.2, 0.25) is 27.8 Å². The van der Waals surface area contributed by atoms with Crippen molar-refractivity contribution in [2.45, 2.75) is 26.9 Å². The van der Waals surface area contributed by atoms with Gasteiger partial charge in [-0.15, -0.1) is 0 Å². The molecule has 0 unspecified atom stereocenters. The minimum atomic E-state index is -3.86. The SMILES string of the molecule is CC(C)(Cn1c(=O)cc(Nc2ccc(Oc3nc(F)ccc3Cl)cc2)n(Cc2ccc(Cl)cc2)c1=O)C(=O)NS(C)(=O)=O. The smallest absolute Gasteiger partial charge is 0.332 e. The zero-order valence-corrected chi connectivity index (χ0v) is 25.4. The van der Waals surface area contributed by atoms with Crippen molar-refractivity contribution in [1.82, 2.24) is 18.8 Å². The molecule has 0 saturated carbocycles. The molecule has 2 N–H and O–H groups in total. The number of hydrogen-bond donors (Lipinski definition) is 2. The highest BCUT2D eigenvalue weighted by atomic mass is 35.5. The Morgan fingerprint density at radius 1 is 1.00 bits per heavy atom. The molecule has 0 spiro atoms. The molecule has 0 aliphatic heterocycles. The fourth-order valence-corrected chi connectivity index (χ4v) is 4.78. The molecule has 4 aromatic rings. The average molecular weight is 651 g/mol. The normalized spacial score (nSPS) is 11.7. The molecule has 0 fully saturated rings. The Kier molecular flexibility index (Phi) is 9.28. The van der Waals surface area contributed by atoms with Crippen LogP contribution in [-0.4, -0.2) is 34.7 Å². The van der Waals surface area contributed by atoms with Gasteiger partial charge in [0.25, 0.3) is 5.56 Å². The Morgan fingerprint density at radius 3 is 2.28 bits per heavy atom. The molecule has 2 heterocycles. The predicted molar refractivity (Wildman–Crippen MR) is 161 cm³/mol. The number of nitrogens with one attached hydrogen (secondary N) is 2. The van der Waals surface area contributed by atoms with E-state index in [0.717, 1.165) is 16.9 Å². The highest BCUT2D eigenvalue weighted by molar-refractivity contribution is 7.89. The van der Waals surface area contributed by atoms with Gasteiger partial charge in [0, 0.05) is 23.3 Å². The summed E-state index contributed by atoms with van der Waals surface area (Å²) in [5.74, 6) is -1.30. The molecule has 0 bridgehead atoms. The van der Waals surface area contributed by atoms with Crippen LogP contribution >= 0.6 is 23.2 Å². The largest absolute Gasteiger partial charge is 0.437 e. The van der Waals surface area contributed by atoms with Crippen molar-refractivity contribution < 1.29 is 22.3 Å². The lowest BCUT2D eigenvalue weighted by atomic mass is 9.92. The van der Waals surface area contributed by atoms with Crippen LogP contribution in [0.25, 0.3) is 0 Å². The van der Waals surface area contributed by atoms with Crippen LogP contribution in [0.4, 0.5) is 15.9 Å². The first-order chi connectivity index (χ1) is 20.1. The highest BCUT2D eigenvalue weighted by Crippen LogP contribution is 2.28. The lowest BCUT2D eigenvalue weighted by Gasteiger charge is -2.24. The van der Waals surface area contributed by atoms with Gasteiger partial charge in [0.05, 0.1) is 18.2 Å². The summed E-state index contributed by atoms with van der Waals surface area (Å²) in [5.41, 5.74) is -1.73. The number of carbonyl (C=O) groups is 1. The molecule has 226 valence electrons. The Morgan fingerprint density at radius 2 is 1.65 bits per heavy atom. The number of sulfonamides is 1. The van der Waals surface area contributed by atoms with Crippen LogP contribution in [0, 0.1) is 11.4 Å². The van der Waals surface area contributed by atoms with Crippen molar-refractivity contribution in [3.8, 4) is 11.6 Å². The van der Waals surface area contributed by atoms with Gasteiger partial charge in [-0.1, -0.05) is 35.3 Å². The van der Waals surface area contributed by atoms with E-state index in [1.165, 1.54) is 30.5 Å². The van der Waals surface area contributed by atoms with Gasteiger partial charge in [0.1, 0.15) is 16.6 Å². The fraction of sp³-hybridized carbons (Fsp3) is 0.214. The summed E-state index contributed by atoms with van der Waals surface area (Å²) in [6.07, 6.45) is 0.832. The number of ether oxygens (including phenoxy) is 1. The van der Waals surface area contributed by atoms with Crippen LogP contribution in [0.5, 0.6) is 11.6 Å². The molecule has 0 aliphatic rings. The molecule has 43 heavy (non-hydrogen) atoms. The maximum absolute atomic E-state index is 13.7. The van der Waals surface area contributed by atoms with E-state index in [0.29, 0.717) is 22.0 Å². The van der Waals surface area contributed by atoms with Crippen LogP contribution in [0.3, 0.4) is 0 Å². The van der Waals surface area contributed by atoms with E-state index >= 15 is 0 Å². The van der Waals surface area contributed by atoms with Gasteiger partial charge in [-0.2, -0.15) is 9.37 Å². The summed E-state index contributed by atoms with van der Waals surface area (Å²) in [5, 5.41) is 3.66. The van der Waals surface area contributed by atoms with Crippen molar-refractivity contribution in [3.05, 3.63) is 109 Å². The number of benzene rings is 2. The van der Waals surface area contributed by atoms with Gasteiger partial charge >= 0.3 is 5.69 Å². The quantitative estimate of drug-likeness (QED) is 0.239. The maximum atomic E-state index is 13.7. The zero-order chi connectivity index (χ0) is 31.5. The monoisotopic (exact) mass is 649 g/mol. The summed E-state index contributed by atoms with van der Waals surface area (Å²) >= 11 is 12.0. The number of carbonyl (C=O) groups excluding carboxylic acids is 1. The second kappa shape index (κ2) is 12.6. The topological polar surface area (TPSA) is 141 Å². The number of anilines is 2. The molecule has 0 atom stereocenters. The van der Waals surface area contributed by atoms with E-state index in [-0.39, 0.29) is 23.3 Å². The Hall–Kier alpha value is -4.20. The molecule has 15 heteroatoms. The number of pyridine rings is 1. The summed E-state index contributed by atoms with van der Waals surface area (Å²) in [6, 6.07) is 16.7. The number of nitrogens with zero attached hydrogens (tertiary/aromatic N) is 3. The molecule has 0 saturated heterocycles. The number of amides is 1. The summed E-state index contributed by atoms with van der Waals surface area (Å²) in [4.78, 5) is 43.1. The van der Waals surface area contributed by atoms with E-state index in [2.05, 4.69) is 10.3 Å². The minimum Gasteiger partial charge on any atom is -0.437 e. The predicted octanol–water partition coefficient (Wildman–Crippen LogP) is 4.54. The zero-order valence-electron chi connectivity index (χ0n) is 23.1. The first kappa shape index (κ1) is 31.7. The second-order valence-corrected chi connectivity index (χ2v) is 12.8. The van der Waals surface area contributed by atoms with E-state index in [1.54, 1.807) is 48.5 Å². The van der Waals surface area contributed by atoms with Crippen LogP contribution in [-0.2, 0) is 27.9 Å². The van der Waals surface area contributed by atoms with E-state index in [1.807, 2.05) is 4.72 Å². The molecule has 11 nitrogen and oxygen atoms in total. The van der Waals surface area contributed by atoms with Crippen LogP contribution in [0.15, 0.2) is 76.3 Å². The second-order valence-electron chi connectivity index (χ2n) is 10.2. The molecule has 0 aliphatic carbocycles. The third-order valence-corrected chi connectivity index (χ3v) is 7.20. The Labute approximate surface area is 255 Å². The van der Waals surface area contributed by atoms with Crippen molar-refractivity contribution >= 4 is 50.6 Å². The Bertz CT molecular complexity index is 1890. The molecular formula is C28H26Cl2FN5O6S. The van der Waals surface area contributed by atoms with Gasteiger partial charge in [-0.3, -0.25) is 23.4 Å². The first-order valence-corrected chi connectivity index (χ1v) is 15.2. The fourth-order valence-electron chi connectivity index (χ4n) is 3.90. The lowest BCUT2D eigenvalue weighted by molar-refractivity contribution is -0.128. The van der Waals surface area contributed by atoms with Crippen molar-refractivity contribution in [3.63, 3.8) is 0 Å². The maximum Gasteiger partial charge on any atom is 0.332 e. The molecule has 2 aromatic heterocycles. The molecule has 4 rings (SSSR count). The molecular weight excluding hydrogens is 624 g/mol. The average Bonchev–Trinajstić information content (AvgIpc) is 2.92. The van der Waals surface area contributed by atoms with Crippen LogP contribution < -0.4 is 26.0 Å². The lowest BCUT2D eigenvalue weighted by Crippen LogP contribution is -2.48. The van der Waals surface area contributed by atoms with Gasteiger partial charge in [-0.25, -0.2) is 13.2 Å². The van der Waals surface area contributed by atoms with Crippen molar-refractivity contribution in [2.75, 3.05) is 11.6 Å². The van der Waals surface area contributed by atoms with Gasteiger partial charge in [-0.05, 0) is 67.9 Å². The minimum absolute atomic E-state index is 0.0273. The van der Waals surface area contributed by atoms with Gasteiger partial charge < -0.3 is 10.1 Å². The van der Waals surface area contributed by atoms with Crippen molar-refractivity contribution in [1.29, 1.82) is 0 Å². The standard InChI is InChI=1S/C28H26Cl2FN5O6S/c1-28(2,26(38)34-43(3,40)41)16-36-24(37)14-23(35(27(36)39)15-17-4-6-18(29)7-5-17)32-19-8-10-20(11-9-19)42-25-21(30)12-13-22(31)33-25/h4-14,32H,15-16H2,1-3H3,(H,34,38). The third kappa shape index (κ3) is 8.21. The number of rotatable bonds is 10. The summed E-state index contributed by atoms with van der Waals surface area (Å²) in [7, 11) is -3.86. The summed E-state index contributed by atoms with van der Waals surface area (Å²) < 4.78 is 46.3. The van der Waals surface area contributed by atoms with E-state index in [9.17, 15) is 27.2 Å². The van der Waals surface area contributed by atoms with Crippen molar-refractivity contribution in [2.24, 2.45) is 5.41 Å². The molecule has 0 radical (unpaired) electrons. The molecule has 2 aromatic carbocycles. The Balaban J connectivity index is 1.68. The van der Waals surface area contributed by atoms with Crippen LogP contribution in [0.2, 0.25) is 10.0 Å². The number of halogens is 3. The highest BCUT2D eigenvalue weighted by Gasteiger charge is 2.32. The number of hydrogen-bond acceptors (Lipinski definition) is 8. The molecule has 1 amide bonds. The summed E-state index contributed by atoms with van der Waals surface area (Å²) in [6.45, 7) is 2.48. The van der Waals surface area contributed by atoms with Crippen LogP contribution in [0.1, 0.15) is 19.4 Å².